The van der Waals surface area contributed by atoms with Crippen molar-refractivity contribution < 1.29 is 18.8 Å². The van der Waals surface area contributed by atoms with E-state index < -0.39 is 19.8 Å². The maximum absolute atomic E-state index is 9.94. The van der Waals surface area contributed by atoms with Crippen LogP contribution in [-0.2, 0) is 13.9 Å². The Morgan fingerprint density at radius 1 is 1.62 bits per heavy atom. The molecule has 5 nitrogen and oxygen atoms in total. The van der Waals surface area contributed by atoms with Crippen LogP contribution in [0.25, 0.3) is 0 Å². The SMILES string of the molecule is C=CC(N)=O.CC(C)(C)O[P+](=O)O. The minimum Gasteiger partial charge on any atom is -0.366 e. The van der Waals surface area contributed by atoms with Crippen molar-refractivity contribution >= 4 is 14.2 Å². The summed E-state index contributed by atoms with van der Waals surface area (Å²) in [6.07, 6.45) is 1.06. The van der Waals surface area contributed by atoms with E-state index in [1.54, 1.807) is 20.8 Å². The van der Waals surface area contributed by atoms with Crippen LogP contribution < -0.4 is 5.73 Å². The van der Waals surface area contributed by atoms with Gasteiger partial charge in [0.25, 0.3) is 0 Å². The van der Waals surface area contributed by atoms with Gasteiger partial charge in [0.1, 0.15) is 5.60 Å². The summed E-state index contributed by atoms with van der Waals surface area (Å²) in [5.74, 6) is -0.481. The Morgan fingerprint density at radius 3 is 1.92 bits per heavy atom. The molecule has 0 aromatic rings. The number of rotatable bonds is 2. The quantitative estimate of drug-likeness (QED) is 0.525. The Morgan fingerprint density at radius 2 is 1.92 bits per heavy atom. The number of carbonyl (C=O) groups is 1. The van der Waals surface area contributed by atoms with Crippen LogP contribution >= 0.6 is 8.25 Å². The fourth-order valence-corrected chi connectivity index (χ4v) is 0.703. The minimum atomic E-state index is -2.44. The number of nitrogens with two attached hydrogens (primary N) is 1. The molecule has 0 aromatic heterocycles. The van der Waals surface area contributed by atoms with Crippen molar-refractivity contribution in [3.8, 4) is 0 Å². The Balaban J connectivity index is 0. The smallest absolute Gasteiger partial charge is 0.366 e. The zero-order chi connectivity index (χ0) is 11.1. The van der Waals surface area contributed by atoms with Crippen molar-refractivity contribution in [2.75, 3.05) is 0 Å². The Bertz CT molecular complexity index is 197. The number of primary amides is 1. The summed E-state index contributed by atoms with van der Waals surface area (Å²) in [6.45, 7) is 8.24. The predicted octanol–water partition coefficient (Wildman–Crippen LogP) is 1.11. The fourth-order valence-electron chi connectivity index (χ4n) is 0.234. The highest BCUT2D eigenvalue weighted by molar-refractivity contribution is 7.32. The van der Waals surface area contributed by atoms with Crippen molar-refractivity contribution in [1.29, 1.82) is 0 Å². The van der Waals surface area contributed by atoms with Gasteiger partial charge in [-0.05, 0) is 26.8 Å². The second-order valence-corrected chi connectivity index (χ2v) is 3.71. The highest BCUT2D eigenvalue weighted by atomic mass is 31.1. The molecule has 3 N–H and O–H groups in total. The number of hydrogen-bond acceptors (Lipinski definition) is 3. The molecule has 0 rings (SSSR count). The average Bonchev–Trinajstić information content (AvgIpc) is 1.83. The van der Waals surface area contributed by atoms with E-state index in [0.29, 0.717) is 0 Å². The van der Waals surface area contributed by atoms with Crippen molar-refractivity contribution in [2.45, 2.75) is 26.4 Å². The summed E-state index contributed by atoms with van der Waals surface area (Å²) < 4.78 is 14.4. The first-order valence-electron chi connectivity index (χ1n) is 3.46. The molecule has 0 aliphatic heterocycles. The standard InChI is InChI=1S/C4H9O3P.C3H5NO/c1-4(2,3)7-8(5)6;1-2-3(4)5/h1-3H3;2H,1H2,(H2,4,5)/p+1. The van der Waals surface area contributed by atoms with Crippen molar-refractivity contribution in [1.82, 2.24) is 0 Å². The molecule has 0 heterocycles. The molecule has 0 aliphatic rings. The van der Waals surface area contributed by atoms with Gasteiger partial charge < -0.3 is 5.73 Å². The second kappa shape index (κ2) is 6.71. The van der Waals surface area contributed by atoms with Crippen LogP contribution in [0.2, 0.25) is 0 Å². The van der Waals surface area contributed by atoms with Crippen LogP contribution in [0.3, 0.4) is 0 Å². The molecule has 0 aliphatic carbocycles. The second-order valence-electron chi connectivity index (χ2n) is 3.05. The zero-order valence-electron chi connectivity index (χ0n) is 7.98. The predicted molar refractivity (Wildman–Crippen MR) is 50.1 cm³/mol. The van der Waals surface area contributed by atoms with E-state index >= 15 is 0 Å². The van der Waals surface area contributed by atoms with Gasteiger partial charge in [0, 0.05) is 4.57 Å². The third-order valence-corrected chi connectivity index (χ3v) is 1.26. The lowest BCUT2D eigenvalue weighted by Gasteiger charge is -2.06. The summed E-state index contributed by atoms with van der Waals surface area (Å²) in [6, 6.07) is 0. The first-order valence-corrected chi connectivity index (χ1v) is 4.59. The average molecular weight is 208 g/mol. The lowest BCUT2D eigenvalue weighted by Crippen LogP contribution is -2.14. The molecular formula is C7H15NO4P+. The van der Waals surface area contributed by atoms with E-state index in [1.165, 1.54) is 0 Å². The van der Waals surface area contributed by atoms with Crippen LogP contribution in [0.15, 0.2) is 12.7 Å². The molecule has 1 atom stereocenters. The fraction of sp³-hybridized carbons (Fsp3) is 0.571. The molecule has 0 fully saturated rings. The molecule has 6 heteroatoms. The molecular weight excluding hydrogens is 193 g/mol. The van der Waals surface area contributed by atoms with Crippen molar-refractivity contribution in [3.05, 3.63) is 12.7 Å². The molecule has 13 heavy (non-hydrogen) atoms. The van der Waals surface area contributed by atoms with Crippen molar-refractivity contribution in [3.63, 3.8) is 0 Å². The Hall–Kier alpha value is -0.770. The topological polar surface area (TPSA) is 89.6 Å². The summed E-state index contributed by atoms with van der Waals surface area (Å²) in [5.41, 5.74) is 4.02. The van der Waals surface area contributed by atoms with Gasteiger partial charge in [0.2, 0.25) is 5.91 Å². The van der Waals surface area contributed by atoms with Gasteiger partial charge in [-0.15, -0.1) is 9.42 Å². The molecule has 1 amide bonds. The van der Waals surface area contributed by atoms with Gasteiger partial charge in [-0.1, -0.05) is 6.58 Å². The first-order chi connectivity index (χ1) is 5.69. The summed E-state index contributed by atoms with van der Waals surface area (Å²) in [4.78, 5) is 17.6. The largest absolute Gasteiger partial charge is 0.695 e. The molecule has 0 saturated heterocycles. The van der Waals surface area contributed by atoms with E-state index in [4.69, 9.17) is 4.89 Å². The Kier molecular flexibility index (Phi) is 7.61. The summed E-state index contributed by atoms with van der Waals surface area (Å²) >= 11 is 0. The Labute approximate surface area is 78.5 Å². The third-order valence-electron chi connectivity index (χ3n) is 0.553. The molecule has 0 aromatic carbocycles. The molecule has 76 valence electrons. The molecule has 1 unspecified atom stereocenters. The lowest BCUT2D eigenvalue weighted by molar-refractivity contribution is -0.113. The molecule has 0 saturated carbocycles. The maximum atomic E-state index is 9.94. The number of hydrogen-bond donors (Lipinski definition) is 2. The highest BCUT2D eigenvalue weighted by Gasteiger charge is 2.24. The van der Waals surface area contributed by atoms with E-state index in [9.17, 15) is 9.36 Å². The van der Waals surface area contributed by atoms with Crippen LogP contribution in [0.5, 0.6) is 0 Å². The van der Waals surface area contributed by atoms with E-state index in [2.05, 4.69) is 16.8 Å². The molecule has 0 radical (unpaired) electrons. The minimum absolute atomic E-state index is 0.481. The molecule has 0 bridgehead atoms. The van der Waals surface area contributed by atoms with E-state index in [0.717, 1.165) is 6.08 Å². The van der Waals surface area contributed by atoms with Gasteiger partial charge >= 0.3 is 8.25 Å². The maximum Gasteiger partial charge on any atom is 0.695 e. The van der Waals surface area contributed by atoms with Crippen LogP contribution in [0, 0.1) is 0 Å². The zero-order valence-corrected chi connectivity index (χ0v) is 8.88. The third kappa shape index (κ3) is 24.6. The van der Waals surface area contributed by atoms with Gasteiger partial charge in [0.05, 0.1) is 0 Å². The van der Waals surface area contributed by atoms with E-state index in [-0.39, 0.29) is 0 Å². The van der Waals surface area contributed by atoms with Gasteiger partial charge in [0.15, 0.2) is 0 Å². The van der Waals surface area contributed by atoms with Crippen molar-refractivity contribution in [2.24, 2.45) is 5.73 Å². The van der Waals surface area contributed by atoms with Gasteiger partial charge in [-0.25, -0.2) is 0 Å². The number of amides is 1. The monoisotopic (exact) mass is 208 g/mol. The summed E-state index contributed by atoms with van der Waals surface area (Å²) in [5, 5.41) is 0. The van der Waals surface area contributed by atoms with Gasteiger partial charge in [-0.3, -0.25) is 4.79 Å². The van der Waals surface area contributed by atoms with Gasteiger partial charge in [-0.2, -0.15) is 0 Å². The van der Waals surface area contributed by atoms with Crippen LogP contribution in [-0.4, -0.2) is 16.4 Å². The first kappa shape index (κ1) is 14.7. The lowest BCUT2D eigenvalue weighted by atomic mass is 10.2. The van der Waals surface area contributed by atoms with Crippen LogP contribution in [0.4, 0.5) is 0 Å². The normalized spacial score (nSPS) is 10.9. The van der Waals surface area contributed by atoms with Crippen LogP contribution in [0.1, 0.15) is 20.8 Å². The molecule has 0 spiro atoms. The van der Waals surface area contributed by atoms with E-state index in [1.807, 2.05) is 0 Å². The summed E-state index contributed by atoms with van der Waals surface area (Å²) in [7, 11) is -2.44. The number of carbonyl (C=O) groups excluding carboxylic acids is 1. The highest BCUT2D eigenvalue weighted by Crippen LogP contribution is 2.24.